The van der Waals surface area contributed by atoms with Crippen molar-refractivity contribution < 1.29 is 4.21 Å². The molecule has 1 atom stereocenters. The van der Waals surface area contributed by atoms with Gasteiger partial charge in [-0.2, -0.15) is 0 Å². The van der Waals surface area contributed by atoms with Gasteiger partial charge in [0.05, 0.1) is 15.6 Å². The van der Waals surface area contributed by atoms with Crippen LogP contribution in [0.1, 0.15) is 11.1 Å². The molecular weight excluding hydrogens is 336 g/mol. The largest absolute Gasteiger partial charge is 0.247 e. The fraction of sp³-hybridized carbons (Fsp3) is 0.125. The maximum Gasteiger partial charge on any atom is 0.0964 e. The molecule has 21 heavy (non-hydrogen) atoms. The van der Waals surface area contributed by atoms with Crippen molar-refractivity contribution in [1.82, 2.24) is 0 Å². The Kier molecular flexibility index (Phi) is 5.52. The second-order valence-corrected chi connectivity index (χ2v) is 11.3. The molecule has 108 valence electrons. The molecule has 3 rings (SSSR count). The third-order valence-electron chi connectivity index (χ3n) is 3.23. The summed E-state index contributed by atoms with van der Waals surface area (Å²) in [6, 6.07) is 20.8. The molecule has 0 fully saturated rings. The summed E-state index contributed by atoms with van der Waals surface area (Å²) in [6.07, 6.45) is 0. The lowest BCUT2D eigenvalue weighted by molar-refractivity contribution is 0.693. The van der Waals surface area contributed by atoms with Crippen LogP contribution in [0.5, 0.6) is 0 Å². The quantitative estimate of drug-likeness (QED) is 0.683. The van der Waals surface area contributed by atoms with Crippen LogP contribution < -0.4 is 0 Å². The molecule has 0 saturated heterocycles. The van der Waals surface area contributed by atoms with Gasteiger partial charge in [0.1, 0.15) is 0 Å². The minimum Gasteiger partial charge on any atom is -0.247 e. The van der Waals surface area contributed by atoms with Crippen molar-refractivity contribution in [2.75, 3.05) is 11.5 Å². The van der Waals surface area contributed by atoms with Crippen molar-refractivity contribution in [3.8, 4) is 0 Å². The summed E-state index contributed by atoms with van der Waals surface area (Å²) in [5.41, 5.74) is 4.92. The topological polar surface area (TPSA) is 17.1 Å². The van der Waals surface area contributed by atoms with Crippen molar-refractivity contribution in [2.24, 2.45) is 0 Å². The lowest BCUT2D eigenvalue weighted by Crippen LogP contribution is -2.03. The van der Waals surface area contributed by atoms with Crippen molar-refractivity contribution in [3.05, 3.63) is 71.8 Å². The summed E-state index contributed by atoms with van der Waals surface area (Å²) in [6.45, 7) is 0. The molecule has 0 aliphatic carbocycles. The van der Waals surface area contributed by atoms with E-state index in [9.17, 15) is 4.21 Å². The molecule has 0 saturated carbocycles. The molecule has 5 heteroatoms. The molecule has 1 aliphatic rings. The molecular formula is C16H14OS4. The van der Waals surface area contributed by atoms with E-state index in [0.717, 1.165) is 5.75 Å². The average Bonchev–Trinajstić information content (AvgIpc) is 2.53. The lowest BCUT2D eigenvalue weighted by Gasteiger charge is -2.18. The highest BCUT2D eigenvalue weighted by Crippen LogP contribution is 2.44. The first kappa shape index (κ1) is 15.3. The van der Waals surface area contributed by atoms with Crippen molar-refractivity contribution >= 4 is 51.4 Å². The van der Waals surface area contributed by atoms with Gasteiger partial charge in [-0.1, -0.05) is 71.5 Å². The highest BCUT2D eigenvalue weighted by molar-refractivity contribution is 9.23. The van der Waals surface area contributed by atoms with E-state index in [1.165, 1.54) is 32.1 Å². The standard InChI is InChI=1S/C16H14OS4/c17-21-12-16(14-9-5-2-6-10-14)15(11-18-19-20-21)13-7-3-1-4-8-13/h1-10H,11-12H2/b16-15-. The number of hydrogen-bond acceptors (Lipinski definition) is 4. The van der Waals surface area contributed by atoms with Gasteiger partial charge in [-0.15, -0.1) is 0 Å². The Bertz CT molecular complexity index is 652. The first-order valence-corrected chi connectivity index (χ1v) is 12.0. The van der Waals surface area contributed by atoms with Crippen molar-refractivity contribution in [3.63, 3.8) is 0 Å². The van der Waals surface area contributed by atoms with E-state index in [4.69, 9.17) is 0 Å². The van der Waals surface area contributed by atoms with Gasteiger partial charge in [0, 0.05) is 15.6 Å². The van der Waals surface area contributed by atoms with Crippen LogP contribution >= 0.6 is 30.4 Å². The minimum atomic E-state index is -0.893. The predicted molar refractivity (Wildman–Crippen MR) is 100 cm³/mol. The van der Waals surface area contributed by atoms with Gasteiger partial charge >= 0.3 is 0 Å². The third-order valence-corrected chi connectivity index (χ3v) is 10.3. The predicted octanol–water partition coefficient (Wildman–Crippen LogP) is 5.30. The first-order valence-electron chi connectivity index (χ1n) is 6.52. The molecule has 0 bridgehead atoms. The molecule has 2 aromatic carbocycles. The Morgan fingerprint density at radius 3 is 2.00 bits per heavy atom. The van der Waals surface area contributed by atoms with E-state index >= 15 is 0 Å². The van der Waals surface area contributed by atoms with Gasteiger partial charge in [-0.05, 0) is 32.1 Å². The average molecular weight is 351 g/mol. The van der Waals surface area contributed by atoms with E-state index in [1.54, 1.807) is 20.6 Å². The Labute approximate surface area is 138 Å². The van der Waals surface area contributed by atoms with Crippen LogP contribution in [0, 0.1) is 0 Å². The highest BCUT2D eigenvalue weighted by Gasteiger charge is 2.18. The molecule has 0 amide bonds. The summed E-state index contributed by atoms with van der Waals surface area (Å²) in [5, 5.41) is 0. The zero-order valence-electron chi connectivity index (χ0n) is 11.2. The van der Waals surface area contributed by atoms with Crippen LogP contribution in [-0.4, -0.2) is 15.7 Å². The Morgan fingerprint density at radius 2 is 1.38 bits per heavy atom. The van der Waals surface area contributed by atoms with Crippen LogP contribution in [-0.2, 0) is 9.83 Å². The molecule has 1 heterocycles. The normalized spacial score (nSPS) is 23.3. The molecule has 1 aliphatic heterocycles. The molecule has 2 aromatic rings. The summed E-state index contributed by atoms with van der Waals surface area (Å²) < 4.78 is 12.2. The summed E-state index contributed by atoms with van der Waals surface area (Å²) in [5.74, 6) is 1.54. The van der Waals surface area contributed by atoms with Crippen LogP contribution in [0.25, 0.3) is 11.1 Å². The summed E-state index contributed by atoms with van der Waals surface area (Å²) >= 11 is 0. The molecule has 0 N–H and O–H groups in total. The number of rotatable bonds is 2. The van der Waals surface area contributed by atoms with Gasteiger partial charge in [-0.3, -0.25) is 0 Å². The van der Waals surface area contributed by atoms with Gasteiger partial charge < -0.3 is 0 Å². The molecule has 0 aromatic heterocycles. The zero-order chi connectivity index (χ0) is 14.5. The van der Waals surface area contributed by atoms with Crippen molar-refractivity contribution in [1.29, 1.82) is 0 Å². The Balaban J connectivity index is 2.13. The maximum absolute atomic E-state index is 12.2. The van der Waals surface area contributed by atoms with E-state index < -0.39 is 9.83 Å². The molecule has 1 nitrogen and oxygen atoms in total. The first-order chi connectivity index (χ1) is 10.3. The van der Waals surface area contributed by atoms with Crippen LogP contribution in [0.4, 0.5) is 0 Å². The smallest absolute Gasteiger partial charge is 0.0964 e. The van der Waals surface area contributed by atoms with Gasteiger partial charge in [0.2, 0.25) is 0 Å². The highest BCUT2D eigenvalue weighted by atomic mass is 33.7. The van der Waals surface area contributed by atoms with Crippen molar-refractivity contribution in [2.45, 2.75) is 0 Å². The van der Waals surface area contributed by atoms with E-state index in [0.29, 0.717) is 5.75 Å². The van der Waals surface area contributed by atoms with Crippen LogP contribution in [0.15, 0.2) is 60.7 Å². The second-order valence-electron chi connectivity index (χ2n) is 4.54. The van der Waals surface area contributed by atoms with E-state index in [2.05, 4.69) is 36.4 Å². The number of hydrogen-bond donors (Lipinski definition) is 0. The van der Waals surface area contributed by atoms with Gasteiger partial charge in [0.15, 0.2) is 0 Å². The Hall–Kier alpha value is -0.620. The van der Waals surface area contributed by atoms with Crippen LogP contribution in [0.2, 0.25) is 0 Å². The SMILES string of the molecule is O=S1C/C(c2ccccc2)=C(/c2ccccc2)CSSS1. The summed E-state index contributed by atoms with van der Waals surface area (Å²) in [7, 11) is 3.97. The maximum atomic E-state index is 12.2. The Morgan fingerprint density at radius 1 is 0.810 bits per heavy atom. The number of benzene rings is 2. The van der Waals surface area contributed by atoms with Gasteiger partial charge in [-0.25, -0.2) is 4.21 Å². The minimum absolute atomic E-state index is 0.604. The van der Waals surface area contributed by atoms with E-state index in [1.807, 2.05) is 24.3 Å². The fourth-order valence-electron chi connectivity index (χ4n) is 2.24. The third kappa shape index (κ3) is 3.97. The fourth-order valence-corrected chi connectivity index (χ4v) is 9.29. The zero-order valence-corrected chi connectivity index (χ0v) is 14.5. The van der Waals surface area contributed by atoms with E-state index in [-0.39, 0.29) is 0 Å². The van der Waals surface area contributed by atoms with Crippen LogP contribution in [0.3, 0.4) is 0 Å². The molecule has 1 unspecified atom stereocenters. The lowest BCUT2D eigenvalue weighted by atomic mass is 9.97. The monoisotopic (exact) mass is 350 g/mol. The molecule has 0 spiro atoms. The van der Waals surface area contributed by atoms with Gasteiger partial charge in [0.25, 0.3) is 0 Å². The molecule has 0 radical (unpaired) electrons. The summed E-state index contributed by atoms with van der Waals surface area (Å²) in [4.78, 5) is 0. The second kappa shape index (κ2) is 7.58.